The molecule has 0 aliphatic carbocycles. The van der Waals surface area contributed by atoms with Gasteiger partial charge in [0.15, 0.2) is 5.13 Å². The summed E-state index contributed by atoms with van der Waals surface area (Å²) in [6.45, 7) is 7.67. The highest BCUT2D eigenvalue weighted by molar-refractivity contribution is 7.15. The van der Waals surface area contributed by atoms with E-state index in [4.69, 9.17) is 5.73 Å². The van der Waals surface area contributed by atoms with Crippen molar-refractivity contribution in [1.82, 2.24) is 9.88 Å². The first-order chi connectivity index (χ1) is 9.63. The minimum Gasteiger partial charge on any atom is -0.375 e. The number of aromatic nitrogens is 1. The van der Waals surface area contributed by atoms with Gasteiger partial charge in [-0.3, -0.25) is 4.90 Å². The Hall–Kier alpha value is -1.39. The quantitative estimate of drug-likeness (QED) is 0.937. The largest absolute Gasteiger partial charge is 0.375 e. The number of hydrogen-bond donors (Lipinski definition) is 1. The summed E-state index contributed by atoms with van der Waals surface area (Å²) in [6.07, 6.45) is 2.63. The lowest BCUT2D eigenvalue weighted by Gasteiger charge is -2.14. The summed E-state index contributed by atoms with van der Waals surface area (Å²) in [6, 6.07) is 6.54. The fourth-order valence-electron chi connectivity index (χ4n) is 2.74. The Morgan fingerprint density at radius 2 is 1.95 bits per heavy atom. The molecule has 0 amide bonds. The van der Waals surface area contributed by atoms with Crippen LogP contribution in [-0.4, -0.2) is 23.0 Å². The zero-order valence-corrected chi connectivity index (χ0v) is 13.0. The van der Waals surface area contributed by atoms with Gasteiger partial charge in [0.25, 0.3) is 0 Å². The second-order valence-corrected chi connectivity index (χ2v) is 6.72. The van der Waals surface area contributed by atoms with Gasteiger partial charge in [0.2, 0.25) is 0 Å². The van der Waals surface area contributed by atoms with Crippen molar-refractivity contribution in [2.24, 2.45) is 0 Å². The third kappa shape index (κ3) is 2.72. The van der Waals surface area contributed by atoms with E-state index in [9.17, 15) is 0 Å². The third-order valence-corrected chi connectivity index (χ3v) is 4.93. The summed E-state index contributed by atoms with van der Waals surface area (Å²) < 4.78 is 0. The fraction of sp³-hybridized carbons (Fsp3) is 0.438. The Labute approximate surface area is 124 Å². The molecule has 0 spiro atoms. The van der Waals surface area contributed by atoms with Gasteiger partial charge in [-0.1, -0.05) is 12.1 Å². The SMILES string of the molecule is Cc1ccc(-c2nc(N)sc2CN2CCCC2)cc1C. The number of benzene rings is 1. The Morgan fingerprint density at radius 1 is 1.20 bits per heavy atom. The highest BCUT2D eigenvalue weighted by Crippen LogP contribution is 2.32. The molecule has 0 atom stereocenters. The predicted octanol–water partition coefficient (Wildman–Crippen LogP) is 3.60. The second kappa shape index (κ2) is 5.54. The Bertz CT molecular complexity index is 612. The van der Waals surface area contributed by atoms with Crippen molar-refractivity contribution in [3.63, 3.8) is 0 Å². The van der Waals surface area contributed by atoms with Gasteiger partial charge in [-0.05, 0) is 57.0 Å². The van der Waals surface area contributed by atoms with Crippen molar-refractivity contribution >= 4 is 16.5 Å². The predicted molar refractivity (Wildman–Crippen MR) is 85.9 cm³/mol. The van der Waals surface area contributed by atoms with Gasteiger partial charge in [0.05, 0.1) is 5.69 Å². The molecule has 1 aromatic heterocycles. The minimum absolute atomic E-state index is 0.674. The molecular weight excluding hydrogens is 266 g/mol. The molecule has 1 aliphatic heterocycles. The van der Waals surface area contributed by atoms with Crippen molar-refractivity contribution in [1.29, 1.82) is 0 Å². The number of rotatable bonds is 3. The molecule has 0 unspecified atom stereocenters. The average molecular weight is 287 g/mol. The van der Waals surface area contributed by atoms with Gasteiger partial charge in [-0.15, -0.1) is 11.3 Å². The topological polar surface area (TPSA) is 42.1 Å². The summed E-state index contributed by atoms with van der Waals surface area (Å²) in [7, 11) is 0. The van der Waals surface area contributed by atoms with E-state index in [2.05, 4.69) is 41.9 Å². The van der Waals surface area contributed by atoms with Crippen molar-refractivity contribution in [3.8, 4) is 11.3 Å². The van der Waals surface area contributed by atoms with Crippen molar-refractivity contribution in [2.75, 3.05) is 18.8 Å². The Kier molecular flexibility index (Phi) is 3.76. The van der Waals surface area contributed by atoms with Crippen LogP contribution in [0.2, 0.25) is 0 Å². The maximum absolute atomic E-state index is 5.95. The monoisotopic (exact) mass is 287 g/mol. The van der Waals surface area contributed by atoms with Crippen molar-refractivity contribution in [3.05, 3.63) is 34.2 Å². The minimum atomic E-state index is 0.674. The lowest BCUT2D eigenvalue weighted by molar-refractivity contribution is 0.334. The average Bonchev–Trinajstić information content (AvgIpc) is 3.03. The molecule has 1 aromatic carbocycles. The number of thiazole rings is 1. The van der Waals surface area contributed by atoms with E-state index in [0.717, 1.165) is 12.2 Å². The summed E-state index contributed by atoms with van der Waals surface area (Å²) in [5.74, 6) is 0. The first kappa shape index (κ1) is 13.6. The van der Waals surface area contributed by atoms with Crippen molar-refractivity contribution in [2.45, 2.75) is 33.2 Å². The van der Waals surface area contributed by atoms with E-state index in [1.165, 1.54) is 47.5 Å². The van der Waals surface area contributed by atoms with Gasteiger partial charge in [0.1, 0.15) is 0 Å². The second-order valence-electron chi connectivity index (χ2n) is 5.61. The van der Waals surface area contributed by atoms with E-state index in [1.54, 1.807) is 11.3 Å². The summed E-state index contributed by atoms with van der Waals surface area (Å²) in [5.41, 5.74) is 10.8. The van der Waals surface area contributed by atoms with E-state index in [-0.39, 0.29) is 0 Å². The molecule has 4 heteroatoms. The van der Waals surface area contributed by atoms with Crippen LogP contribution >= 0.6 is 11.3 Å². The van der Waals surface area contributed by atoms with Crippen LogP contribution in [0.3, 0.4) is 0 Å². The first-order valence-electron chi connectivity index (χ1n) is 7.18. The van der Waals surface area contributed by atoms with Crippen LogP contribution in [0, 0.1) is 13.8 Å². The van der Waals surface area contributed by atoms with Gasteiger partial charge < -0.3 is 5.73 Å². The number of likely N-dealkylation sites (tertiary alicyclic amines) is 1. The lowest BCUT2D eigenvalue weighted by atomic mass is 10.0. The highest BCUT2D eigenvalue weighted by Gasteiger charge is 2.18. The van der Waals surface area contributed by atoms with E-state index < -0.39 is 0 Å². The molecular formula is C16H21N3S. The number of aryl methyl sites for hydroxylation is 2. The van der Waals surface area contributed by atoms with Crippen LogP contribution in [0.25, 0.3) is 11.3 Å². The van der Waals surface area contributed by atoms with Gasteiger partial charge in [0, 0.05) is 17.0 Å². The number of anilines is 1. The number of nitrogens with two attached hydrogens (primary N) is 1. The molecule has 1 saturated heterocycles. The zero-order chi connectivity index (χ0) is 14.1. The highest BCUT2D eigenvalue weighted by atomic mass is 32.1. The molecule has 0 radical (unpaired) electrons. The molecule has 20 heavy (non-hydrogen) atoms. The number of hydrogen-bond acceptors (Lipinski definition) is 4. The normalized spacial score (nSPS) is 15.9. The van der Waals surface area contributed by atoms with Crippen LogP contribution in [0.5, 0.6) is 0 Å². The van der Waals surface area contributed by atoms with Crippen LogP contribution in [0.1, 0.15) is 28.8 Å². The molecule has 3 nitrogen and oxygen atoms in total. The standard InChI is InChI=1S/C16H21N3S/c1-11-5-6-13(9-12(11)2)15-14(20-16(17)18-15)10-19-7-3-4-8-19/h5-6,9H,3-4,7-8,10H2,1-2H3,(H2,17,18). The van der Waals surface area contributed by atoms with Crippen molar-refractivity contribution < 1.29 is 0 Å². The zero-order valence-electron chi connectivity index (χ0n) is 12.1. The van der Waals surface area contributed by atoms with Gasteiger partial charge in [-0.2, -0.15) is 0 Å². The van der Waals surface area contributed by atoms with Crippen LogP contribution in [0.4, 0.5) is 5.13 Å². The van der Waals surface area contributed by atoms with Gasteiger partial charge in [-0.25, -0.2) is 4.98 Å². The molecule has 1 aliphatic rings. The number of nitrogen functional groups attached to an aromatic ring is 1. The third-order valence-electron chi connectivity index (χ3n) is 4.06. The Morgan fingerprint density at radius 3 is 2.65 bits per heavy atom. The summed E-state index contributed by atoms with van der Waals surface area (Å²) in [5, 5.41) is 0.674. The first-order valence-corrected chi connectivity index (χ1v) is 8.00. The molecule has 2 aromatic rings. The molecule has 2 N–H and O–H groups in total. The molecule has 0 saturated carbocycles. The lowest BCUT2D eigenvalue weighted by Crippen LogP contribution is -2.18. The molecule has 0 bridgehead atoms. The van der Waals surface area contributed by atoms with Gasteiger partial charge >= 0.3 is 0 Å². The van der Waals surface area contributed by atoms with Crippen LogP contribution < -0.4 is 5.73 Å². The van der Waals surface area contributed by atoms with E-state index >= 15 is 0 Å². The maximum Gasteiger partial charge on any atom is 0.180 e. The smallest absolute Gasteiger partial charge is 0.180 e. The van der Waals surface area contributed by atoms with E-state index in [0.29, 0.717) is 5.13 Å². The molecule has 1 fully saturated rings. The van der Waals surface area contributed by atoms with Crippen LogP contribution in [-0.2, 0) is 6.54 Å². The van der Waals surface area contributed by atoms with E-state index in [1.807, 2.05) is 0 Å². The summed E-state index contributed by atoms with van der Waals surface area (Å²) >= 11 is 1.63. The fourth-order valence-corrected chi connectivity index (χ4v) is 3.63. The maximum atomic E-state index is 5.95. The molecule has 3 rings (SSSR count). The number of nitrogens with zero attached hydrogens (tertiary/aromatic N) is 2. The Balaban J connectivity index is 1.93. The molecule has 106 valence electrons. The molecule has 2 heterocycles. The summed E-state index contributed by atoms with van der Waals surface area (Å²) in [4.78, 5) is 8.36. The van der Waals surface area contributed by atoms with Crippen LogP contribution in [0.15, 0.2) is 18.2 Å².